The maximum atomic E-state index is 11.7. The van der Waals surface area contributed by atoms with Gasteiger partial charge in [-0.1, -0.05) is 0 Å². The highest BCUT2D eigenvalue weighted by Gasteiger charge is 2.17. The summed E-state index contributed by atoms with van der Waals surface area (Å²) in [7, 11) is 0. The van der Waals surface area contributed by atoms with Crippen LogP contribution in [0.25, 0.3) is 0 Å². The molecule has 2 heterocycles. The summed E-state index contributed by atoms with van der Waals surface area (Å²) in [6.45, 7) is 0. The Morgan fingerprint density at radius 2 is 1.23 bits per heavy atom. The van der Waals surface area contributed by atoms with Crippen LogP contribution in [0.1, 0.15) is 0 Å². The molecule has 2 aromatic rings. The second kappa shape index (κ2) is 5.74. The number of rotatable bonds is 2. The van der Waals surface area contributed by atoms with Gasteiger partial charge in [0.2, 0.25) is 0 Å². The first-order chi connectivity index (χ1) is 10.4. The molecule has 0 spiro atoms. The van der Waals surface area contributed by atoms with E-state index in [1.165, 1.54) is 0 Å². The van der Waals surface area contributed by atoms with E-state index < -0.39 is 23.2 Å². The summed E-state index contributed by atoms with van der Waals surface area (Å²) in [5.74, 6) is -2.50. The second-order valence-corrected chi connectivity index (χ2v) is 3.94. The van der Waals surface area contributed by atoms with Crippen molar-refractivity contribution in [3.05, 3.63) is 33.4 Å². The van der Waals surface area contributed by atoms with Gasteiger partial charge in [-0.05, 0) is 0 Å². The fourth-order valence-electron chi connectivity index (χ4n) is 1.37. The topological polar surface area (TPSA) is 202 Å². The third kappa shape index (κ3) is 3.24. The fourth-order valence-corrected chi connectivity index (χ4v) is 1.37. The van der Waals surface area contributed by atoms with Crippen molar-refractivity contribution in [3.63, 3.8) is 0 Å². The molecule has 0 saturated heterocycles. The van der Waals surface area contributed by atoms with Crippen molar-refractivity contribution in [2.75, 3.05) is 22.1 Å². The van der Waals surface area contributed by atoms with Crippen molar-refractivity contribution >= 4 is 34.8 Å². The van der Waals surface area contributed by atoms with E-state index in [2.05, 4.69) is 30.6 Å². The van der Waals surface area contributed by atoms with E-state index in [1.54, 1.807) is 0 Å². The number of aromatic amines is 2. The Bertz CT molecular complexity index is 783. The number of nitrogens with zero attached hydrogens (tertiary/aromatic N) is 2. The molecule has 0 aliphatic rings. The molecule has 0 aromatic carbocycles. The van der Waals surface area contributed by atoms with Gasteiger partial charge in [0, 0.05) is 0 Å². The molecular formula is C10H10N8O4. The lowest BCUT2D eigenvalue weighted by molar-refractivity contribution is -0.132. The van der Waals surface area contributed by atoms with Crippen LogP contribution in [0.5, 0.6) is 0 Å². The molecule has 2 rings (SSSR count). The van der Waals surface area contributed by atoms with Crippen LogP contribution in [0, 0.1) is 0 Å². The van der Waals surface area contributed by atoms with Gasteiger partial charge in [0.25, 0.3) is 0 Å². The highest BCUT2D eigenvalue weighted by Crippen LogP contribution is 2.12. The Kier molecular flexibility index (Phi) is 3.84. The van der Waals surface area contributed by atoms with Crippen LogP contribution in [0.3, 0.4) is 0 Å². The van der Waals surface area contributed by atoms with Gasteiger partial charge < -0.3 is 22.1 Å². The number of aromatic nitrogens is 4. The maximum absolute atomic E-state index is 11.7. The number of anilines is 4. The van der Waals surface area contributed by atoms with Gasteiger partial charge in [-0.2, -0.15) is 9.97 Å². The molecule has 0 aliphatic carbocycles. The first-order valence-electron chi connectivity index (χ1n) is 5.68. The Balaban J connectivity index is 2.10. The van der Waals surface area contributed by atoms with Gasteiger partial charge in [-0.3, -0.25) is 19.6 Å². The molecule has 0 radical (unpaired) electrons. The minimum Gasteiger partial charge on any atom is -0.383 e. The molecule has 12 heteroatoms. The molecule has 22 heavy (non-hydrogen) atoms. The van der Waals surface area contributed by atoms with Gasteiger partial charge in [0.15, 0.2) is 0 Å². The number of carbonyl (C=O) groups excluding carboxylic acids is 2. The molecule has 0 fully saturated rings. The van der Waals surface area contributed by atoms with Crippen LogP contribution in [0.4, 0.5) is 23.0 Å². The van der Waals surface area contributed by atoms with Crippen LogP contribution < -0.4 is 33.5 Å². The Morgan fingerprint density at radius 1 is 0.864 bits per heavy atom. The fraction of sp³-hybridized carbons (Fsp3) is 0. The zero-order chi connectivity index (χ0) is 16.3. The van der Waals surface area contributed by atoms with Crippen molar-refractivity contribution in [1.29, 1.82) is 0 Å². The van der Waals surface area contributed by atoms with E-state index in [0.29, 0.717) is 0 Å². The summed E-state index contributed by atoms with van der Waals surface area (Å²) in [6.07, 6.45) is 1.99. The third-order valence-corrected chi connectivity index (χ3v) is 2.39. The first kappa shape index (κ1) is 14.7. The molecule has 8 N–H and O–H groups in total. The Morgan fingerprint density at radius 3 is 1.55 bits per heavy atom. The summed E-state index contributed by atoms with van der Waals surface area (Å²) >= 11 is 0. The quantitative estimate of drug-likeness (QED) is 0.329. The summed E-state index contributed by atoms with van der Waals surface area (Å²) in [6, 6.07) is 0. The largest absolute Gasteiger partial charge is 0.383 e. The van der Waals surface area contributed by atoms with Gasteiger partial charge in [0.1, 0.15) is 23.0 Å². The zero-order valence-corrected chi connectivity index (χ0v) is 10.8. The predicted octanol–water partition coefficient (Wildman–Crippen LogP) is -2.41. The maximum Gasteiger partial charge on any atom is 0.346 e. The average molecular weight is 306 g/mol. The lowest BCUT2D eigenvalue weighted by Crippen LogP contribution is -2.31. The van der Waals surface area contributed by atoms with E-state index in [-0.39, 0.29) is 23.0 Å². The minimum atomic E-state index is -1.09. The van der Waals surface area contributed by atoms with Crippen molar-refractivity contribution < 1.29 is 9.59 Å². The summed E-state index contributed by atoms with van der Waals surface area (Å²) in [5.41, 5.74) is 9.40. The van der Waals surface area contributed by atoms with Gasteiger partial charge in [0.05, 0.1) is 12.4 Å². The van der Waals surface area contributed by atoms with Crippen molar-refractivity contribution in [2.24, 2.45) is 0 Å². The number of hydrogen-bond acceptors (Lipinski definition) is 8. The van der Waals surface area contributed by atoms with E-state index in [1.807, 2.05) is 0 Å². The average Bonchev–Trinajstić information content (AvgIpc) is 2.44. The van der Waals surface area contributed by atoms with Gasteiger partial charge in [-0.15, -0.1) is 0 Å². The molecule has 12 nitrogen and oxygen atoms in total. The van der Waals surface area contributed by atoms with Gasteiger partial charge in [-0.25, -0.2) is 9.59 Å². The van der Waals surface area contributed by atoms with Crippen molar-refractivity contribution in [1.82, 2.24) is 19.9 Å². The number of nitrogens with two attached hydrogens (primary N) is 2. The van der Waals surface area contributed by atoms with E-state index >= 15 is 0 Å². The Labute approximate surface area is 121 Å². The normalized spacial score (nSPS) is 10.0. The lowest BCUT2D eigenvalue weighted by atomic mass is 10.4. The number of nitrogens with one attached hydrogen (secondary N) is 4. The lowest BCUT2D eigenvalue weighted by Gasteiger charge is -2.08. The number of H-pyrrole nitrogens is 2. The standard InChI is InChI=1S/C10H10N8O4/c11-5-3(1-13-9(21)17-5)15-7(19)8(20)16-4-2-14-10(22)18-6(4)12/h1-2H,(H,15,19)(H,16,20)(H3,11,13,17,21)(H3,12,14,18,22). The SMILES string of the molecule is Nc1[nH]c(=O)ncc1NC(=O)C(=O)Nc1cnc(=O)[nH]c1N. The highest BCUT2D eigenvalue weighted by molar-refractivity contribution is 6.44. The number of hydrogen-bond donors (Lipinski definition) is 6. The molecular weight excluding hydrogens is 296 g/mol. The molecule has 0 atom stereocenters. The molecule has 0 bridgehead atoms. The van der Waals surface area contributed by atoms with Crippen molar-refractivity contribution in [3.8, 4) is 0 Å². The first-order valence-corrected chi connectivity index (χ1v) is 5.68. The highest BCUT2D eigenvalue weighted by atomic mass is 16.2. The number of amides is 2. The molecule has 0 saturated carbocycles. The monoisotopic (exact) mass is 306 g/mol. The van der Waals surface area contributed by atoms with Gasteiger partial charge >= 0.3 is 23.2 Å². The summed E-state index contributed by atoms with van der Waals surface area (Å²) < 4.78 is 0. The smallest absolute Gasteiger partial charge is 0.346 e. The van der Waals surface area contributed by atoms with E-state index in [9.17, 15) is 19.2 Å². The second-order valence-electron chi connectivity index (χ2n) is 3.94. The van der Waals surface area contributed by atoms with E-state index in [4.69, 9.17) is 11.5 Å². The van der Waals surface area contributed by atoms with Crippen LogP contribution in [-0.2, 0) is 9.59 Å². The molecule has 114 valence electrons. The number of nitrogen functional groups attached to an aromatic ring is 2. The third-order valence-electron chi connectivity index (χ3n) is 2.39. The molecule has 2 amide bonds. The summed E-state index contributed by atoms with van der Waals surface area (Å²) in [4.78, 5) is 56.2. The Hall–Kier alpha value is -3.70. The van der Waals surface area contributed by atoms with Crippen LogP contribution in [-0.4, -0.2) is 31.8 Å². The molecule has 0 unspecified atom stereocenters. The van der Waals surface area contributed by atoms with Crippen LogP contribution in [0.15, 0.2) is 22.0 Å². The van der Waals surface area contributed by atoms with Crippen LogP contribution in [0.2, 0.25) is 0 Å². The summed E-state index contributed by atoms with van der Waals surface area (Å²) in [5, 5.41) is 4.29. The molecule has 2 aromatic heterocycles. The predicted molar refractivity (Wildman–Crippen MR) is 75.8 cm³/mol. The zero-order valence-electron chi connectivity index (χ0n) is 10.8. The molecule has 0 aliphatic heterocycles. The minimum absolute atomic E-state index is 0.0488. The van der Waals surface area contributed by atoms with Crippen LogP contribution >= 0.6 is 0 Å². The van der Waals surface area contributed by atoms with E-state index in [0.717, 1.165) is 12.4 Å². The number of carbonyl (C=O) groups is 2. The van der Waals surface area contributed by atoms with Crippen molar-refractivity contribution in [2.45, 2.75) is 0 Å².